The van der Waals surface area contributed by atoms with Gasteiger partial charge in [-0.1, -0.05) is 49.4 Å². The first-order valence-corrected chi connectivity index (χ1v) is 13.3. The van der Waals surface area contributed by atoms with Crippen molar-refractivity contribution >= 4 is 27.9 Å². The number of aliphatic carboxylic acids is 1. The van der Waals surface area contributed by atoms with E-state index in [4.69, 9.17) is 5.11 Å². The zero-order valence-corrected chi connectivity index (χ0v) is 21.5. The van der Waals surface area contributed by atoms with Gasteiger partial charge in [-0.05, 0) is 77.9 Å². The minimum absolute atomic E-state index is 0.0963. The lowest BCUT2D eigenvalue weighted by Crippen LogP contribution is -2.43. The molecule has 0 radical (unpaired) electrons. The van der Waals surface area contributed by atoms with Crippen LogP contribution in [0.3, 0.4) is 0 Å². The molecule has 3 aromatic carbocycles. The first-order chi connectivity index (χ1) is 17.9. The predicted molar refractivity (Wildman–Crippen MR) is 138 cm³/mol. The van der Waals surface area contributed by atoms with Crippen molar-refractivity contribution in [3.8, 4) is 5.75 Å². The van der Waals surface area contributed by atoms with Crippen LogP contribution in [-0.2, 0) is 27.8 Å². The number of benzene rings is 3. The Labute approximate surface area is 219 Å². The summed E-state index contributed by atoms with van der Waals surface area (Å²) < 4.78 is 66.1. The number of halogens is 3. The molecule has 0 unspecified atom stereocenters. The standard InChI is InChI=1S/C28H26F3NO5S/c1-3-19-6-11-23(12-7-19)32-18(2)16-22-17-24(37-38(35,36)28(29,30)31)13-14-25(22)27(32)21-9-4-20(5-10-21)8-15-26(33)34/h4-15,17-18,27H,3,16H2,1-2H3,(H,33,34)/t18-,27-/m0/s1. The molecule has 38 heavy (non-hydrogen) atoms. The Balaban J connectivity index is 1.79. The third kappa shape index (κ3) is 5.70. The fourth-order valence-electron chi connectivity index (χ4n) is 4.68. The molecule has 2 atom stereocenters. The smallest absolute Gasteiger partial charge is 0.478 e. The molecule has 0 bridgehead atoms. The highest BCUT2D eigenvalue weighted by atomic mass is 32.2. The predicted octanol–water partition coefficient (Wildman–Crippen LogP) is 6.12. The lowest BCUT2D eigenvalue weighted by atomic mass is 9.84. The number of anilines is 1. The van der Waals surface area contributed by atoms with E-state index in [0.29, 0.717) is 17.5 Å². The highest BCUT2D eigenvalue weighted by Gasteiger charge is 2.48. The molecule has 0 aliphatic carbocycles. The van der Waals surface area contributed by atoms with Crippen molar-refractivity contribution in [1.82, 2.24) is 0 Å². The number of hydrogen-bond donors (Lipinski definition) is 1. The molecule has 1 N–H and O–H groups in total. The third-order valence-corrected chi connectivity index (χ3v) is 7.46. The second-order valence-electron chi connectivity index (χ2n) is 9.07. The molecular weight excluding hydrogens is 519 g/mol. The summed E-state index contributed by atoms with van der Waals surface area (Å²) in [6, 6.07) is 19.2. The summed E-state index contributed by atoms with van der Waals surface area (Å²) in [5.41, 5.74) is -0.349. The van der Waals surface area contributed by atoms with E-state index < -0.39 is 27.3 Å². The Morgan fingerprint density at radius 3 is 2.32 bits per heavy atom. The second-order valence-corrected chi connectivity index (χ2v) is 10.6. The van der Waals surface area contributed by atoms with Crippen LogP contribution in [0.15, 0.2) is 72.8 Å². The molecule has 0 fully saturated rings. The molecule has 200 valence electrons. The van der Waals surface area contributed by atoms with Crippen molar-refractivity contribution in [2.75, 3.05) is 4.90 Å². The van der Waals surface area contributed by atoms with Gasteiger partial charge in [0.1, 0.15) is 5.75 Å². The monoisotopic (exact) mass is 545 g/mol. The molecule has 3 aromatic rings. The molecule has 0 spiro atoms. The van der Waals surface area contributed by atoms with E-state index in [1.807, 2.05) is 43.3 Å². The van der Waals surface area contributed by atoms with Crippen molar-refractivity contribution < 1.29 is 35.7 Å². The minimum atomic E-state index is -5.79. The fourth-order valence-corrected chi connectivity index (χ4v) is 5.13. The Morgan fingerprint density at radius 1 is 1.08 bits per heavy atom. The van der Waals surface area contributed by atoms with Gasteiger partial charge in [0.2, 0.25) is 0 Å². The molecule has 10 heteroatoms. The van der Waals surface area contributed by atoms with Gasteiger partial charge in [-0.25, -0.2) is 4.79 Å². The topological polar surface area (TPSA) is 83.9 Å². The molecule has 0 saturated heterocycles. The number of alkyl halides is 3. The number of hydrogen-bond acceptors (Lipinski definition) is 5. The van der Waals surface area contributed by atoms with E-state index in [1.54, 1.807) is 18.2 Å². The number of carboxylic acids is 1. The fraction of sp³-hybridized carbons (Fsp3) is 0.250. The first kappa shape index (κ1) is 27.3. The number of aryl methyl sites for hydroxylation is 1. The lowest BCUT2D eigenvalue weighted by molar-refractivity contribution is -0.131. The molecule has 0 aromatic heterocycles. The third-order valence-electron chi connectivity index (χ3n) is 6.48. The van der Waals surface area contributed by atoms with Crippen LogP contribution in [0.25, 0.3) is 6.08 Å². The van der Waals surface area contributed by atoms with Gasteiger partial charge in [0.25, 0.3) is 0 Å². The molecular formula is C28H26F3NO5S. The van der Waals surface area contributed by atoms with Crippen molar-refractivity contribution in [1.29, 1.82) is 0 Å². The van der Waals surface area contributed by atoms with Crippen molar-refractivity contribution in [3.63, 3.8) is 0 Å². The highest BCUT2D eigenvalue weighted by Crippen LogP contribution is 2.42. The van der Waals surface area contributed by atoms with Gasteiger partial charge in [-0.3, -0.25) is 0 Å². The van der Waals surface area contributed by atoms with E-state index in [2.05, 4.69) is 16.0 Å². The average molecular weight is 546 g/mol. The molecule has 6 nitrogen and oxygen atoms in total. The highest BCUT2D eigenvalue weighted by molar-refractivity contribution is 7.88. The normalized spacial score (nSPS) is 17.9. The van der Waals surface area contributed by atoms with E-state index in [9.17, 15) is 26.4 Å². The Morgan fingerprint density at radius 2 is 1.74 bits per heavy atom. The Bertz CT molecular complexity index is 1450. The number of carboxylic acid groups (broad SMARTS) is 1. The lowest BCUT2D eigenvalue weighted by Gasteiger charge is -2.44. The summed E-state index contributed by atoms with van der Waals surface area (Å²) in [7, 11) is -5.79. The summed E-state index contributed by atoms with van der Waals surface area (Å²) in [6.07, 6.45) is 3.86. The number of fused-ring (bicyclic) bond motifs is 1. The maximum absolute atomic E-state index is 12.9. The molecule has 1 heterocycles. The molecule has 1 aliphatic heterocycles. The SMILES string of the molecule is CCc1ccc(N2[C@@H](c3ccc(C=CC(=O)O)cc3)c3ccc(OS(=O)(=O)C(F)(F)F)cc3C[C@@H]2C)cc1. The largest absolute Gasteiger partial charge is 0.534 e. The summed E-state index contributed by atoms with van der Waals surface area (Å²) >= 11 is 0. The number of carbonyl (C=O) groups is 1. The van der Waals surface area contributed by atoms with Crippen molar-refractivity contribution in [2.45, 2.75) is 44.3 Å². The first-order valence-electron chi connectivity index (χ1n) is 11.9. The van der Waals surface area contributed by atoms with Gasteiger partial charge in [0.15, 0.2) is 0 Å². The maximum Gasteiger partial charge on any atom is 0.534 e. The van der Waals surface area contributed by atoms with Gasteiger partial charge in [-0.15, -0.1) is 0 Å². The molecule has 0 saturated carbocycles. The van der Waals surface area contributed by atoms with Crippen molar-refractivity contribution in [2.24, 2.45) is 0 Å². The molecule has 4 rings (SSSR count). The van der Waals surface area contributed by atoms with Crippen LogP contribution in [0.5, 0.6) is 5.75 Å². The van der Waals surface area contributed by atoms with E-state index >= 15 is 0 Å². The van der Waals surface area contributed by atoms with Crippen LogP contribution in [-0.4, -0.2) is 31.0 Å². The number of nitrogens with zero attached hydrogens (tertiary/aromatic N) is 1. The molecule has 0 amide bonds. The zero-order chi connectivity index (χ0) is 27.7. The van der Waals surface area contributed by atoms with Crippen LogP contribution >= 0.6 is 0 Å². The van der Waals surface area contributed by atoms with Crippen LogP contribution < -0.4 is 9.08 Å². The van der Waals surface area contributed by atoms with E-state index in [1.165, 1.54) is 23.8 Å². The van der Waals surface area contributed by atoms with Crippen LogP contribution in [0.4, 0.5) is 18.9 Å². The van der Waals surface area contributed by atoms with Gasteiger partial charge in [0, 0.05) is 17.8 Å². The maximum atomic E-state index is 12.9. The molecule has 1 aliphatic rings. The van der Waals surface area contributed by atoms with Gasteiger partial charge >= 0.3 is 21.6 Å². The van der Waals surface area contributed by atoms with Crippen LogP contribution in [0.2, 0.25) is 0 Å². The Kier molecular flexibility index (Phi) is 7.55. The average Bonchev–Trinajstić information content (AvgIpc) is 2.86. The van der Waals surface area contributed by atoms with Crippen LogP contribution in [0.1, 0.15) is 47.7 Å². The Hall–Kier alpha value is -3.79. The quantitative estimate of drug-likeness (QED) is 0.219. The van der Waals surface area contributed by atoms with Crippen molar-refractivity contribution in [3.05, 3.63) is 101 Å². The minimum Gasteiger partial charge on any atom is -0.478 e. The second kappa shape index (κ2) is 10.5. The van der Waals surface area contributed by atoms with Gasteiger partial charge in [-0.2, -0.15) is 21.6 Å². The number of rotatable bonds is 7. The summed E-state index contributed by atoms with van der Waals surface area (Å²) in [5, 5.41) is 8.90. The van der Waals surface area contributed by atoms with E-state index in [-0.39, 0.29) is 12.1 Å². The van der Waals surface area contributed by atoms with Crippen LogP contribution in [0, 0.1) is 0 Å². The van der Waals surface area contributed by atoms with Gasteiger partial charge in [0.05, 0.1) is 6.04 Å². The van der Waals surface area contributed by atoms with Gasteiger partial charge < -0.3 is 14.2 Å². The summed E-state index contributed by atoms with van der Waals surface area (Å²) in [5.74, 6) is -1.46. The summed E-state index contributed by atoms with van der Waals surface area (Å²) in [4.78, 5) is 13.1. The van der Waals surface area contributed by atoms with E-state index in [0.717, 1.165) is 29.3 Å². The zero-order valence-electron chi connectivity index (χ0n) is 20.6. The summed E-state index contributed by atoms with van der Waals surface area (Å²) in [6.45, 7) is 4.06.